The summed E-state index contributed by atoms with van der Waals surface area (Å²) in [6.07, 6.45) is 0.792. The molecule has 0 saturated heterocycles. The molecule has 1 rings (SSSR count). The average molecular weight is 284 g/mol. The van der Waals surface area contributed by atoms with Crippen LogP contribution in [0.5, 0.6) is 0 Å². The normalized spacial score (nSPS) is 10.8. The maximum absolute atomic E-state index is 12.0. The molecule has 0 aliphatic rings. The van der Waals surface area contributed by atoms with Gasteiger partial charge in [0.05, 0.1) is 11.0 Å². The van der Waals surface area contributed by atoms with E-state index < -0.39 is 10.8 Å². The SMILES string of the molecule is Cc1nn(C)c(C(=O)NCCCOC(C)C)c1[N+](=O)[O-]. The number of amides is 1. The molecule has 8 heteroatoms. The lowest BCUT2D eigenvalue weighted by Crippen LogP contribution is -2.28. The summed E-state index contributed by atoms with van der Waals surface area (Å²) in [5.74, 6) is -0.496. The van der Waals surface area contributed by atoms with Crippen molar-refractivity contribution in [1.29, 1.82) is 0 Å². The van der Waals surface area contributed by atoms with Gasteiger partial charge >= 0.3 is 5.69 Å². The fraction of sp³-hybridized carbons (Fsp3) is 0.667. The molecule has 1 N–H and O–H groups in total. The van der Waals surface area contributed by atoms with E-state index in [1.807, 2.05) is 13.8 Å². The van der Waals surface area contributed by atoms with E-state index in [2.05, 4.69) is 10.4 Å². The van der Waals surface area contributed by atoms with Gasteiger partial charge in [-0.2, -0.15) is 5.10 Å². The highest BCUT2D eigenvalue weighted by molar-refractivity contribution is 5.96. The first-order valence-corrected chi connectivity index (χ1v) is 6.42. The second kappa shape index (κ2) is 6.99. The number of rotatable bonds is 7. The van der Waals surface area contributed by atoms with Gasteiger partial charge in [0.15, 0.2) is 0 Å². The number of carbonyl (C=O) groups is 1. The van der Waals surface area contributed by atoms with Gasteiger partial charge in [-0.25, -0.2) is 0 Å². The average Bonchev–Trinajstić information content (AvgIpc) is 2.63. The summed E-state index contributed by atoms with van der Waals surface area (Å²) in [6, 6.07) is 0. The van der Waals surface area contributed by atoms with Crippen molar-refractivity contribution >= 4 is 11.6 Å². The van der Waals surface area contributed by atoms with Gasteiger partial charge in [0.25, 0.3) is 5.91 Å². The lowest BCUT2D eigenvalue weighted by Gasteiger charge is -2.08. The van der Waals surface area contributed by atoms with Crippen molar-refractivity contribution in [2.24, 2.45) is 7.05 Å². The van der Waals surface area contributed by atoms with Gasteiger partial charge in [-0.3, -0.25) is 19.6 Å². The van der Waals surface area contributed by atoms with E-state index in [1.54, 1.807) is 0 Å². The van der Waals surface area contributed by atoms with E-state index >= 15 is 0 Å². The second-order valence-corrected chi connectivity index (χ2v) is 4.69. The third kappa shape index (κ3) is 4.02. The Bertz CT molecular complexity index is 496. The Hall–Kier alpha value is -1.96. The maximum Gasteiger partial charge on any atom is 0.322 e. The Morgan fingerprint density at radius 1 is 1.55 bits per heavy atom. The second-order valence-electron chi connectivity index (χ2n) is 4.69. The molecular formula is C12H20N4O4. The van der Waals surface area contributed by atoms with Crippen LogP contribution in [0.25, 0.3) is 0 Å². The number of nitrogens with zero attached hydrogens (tertiary/aromatic N) is 3. The first-order valence-electron chi connectivity index (χ1n) is 6.42. The Labute approximate surface area is 117 Å². The van der Waals surface area contributed by atoms with Crippen molar-refractivity contribution in [3.8, 4) is 0 Å². The first kappa shape index (κ1) is 16.1. The van der Waals surface area contributed by atoms with E-state index in [0.717, 1.165) is 0 Å². The number of hydrogen-bond donors (Lipinski definition) is 1. The lowest BCUT2D eigenvalue weighted by atomic mass is 10.3. The fourth-order valence-electron chi connectivity index (χ4n) is 1.80. The summed E-state index contributed by atoms with van der Waals surface area (Å²) < 4.78 is 6.57. The van der Waals surface area contributed by atoms with Gasteiger partial charge in [0, 0.05) is 20.2 Å². The predicted molar refractivity (Wildman–Crippen MR) is 72.6 cm³/mol. The molecule has 1 aromatic heterocycles. The number of carbonyl (C=O) groups excluding carboxylic acids is 1. The molecule has 8 nitrogen and oxygen atoms in total. The summed E-state index contributed by atoms with van der Waals surface area (Å²) in [5, 5.41) is 17.5. The topological polar surface area (TPSA) is 99.3 Å². The summed E-state index contributed by atoms with van der Waals surface area (Å²) in [5.41, 5.74) is -0.0495. The molecule has 0 aromatic carbocycles. The van der Waals surface area contributed by atoms with Crippen LogP contribution in [0, 0.1) is 17.0 Å². The van der Waals surface area contributed by atoms with Gasteiger partial charge in [-0.05, 0) is 27.2 Å². The van der Waals surface area contributed by atoms with Crippen LogP contribution >= 0.6 is 0 Å². The number of aromatic nitrogens is 2. The lowest BCUT2D eigenvalue weighted by molar-refractivity contribution is -0.385. The van der Waals surface area contributed by atoms with Gasteiger partial charge in [-0.15, -0.1) is 0 Å². The highest BCUT2D eigenvalue weighted by atomic mass is 16.6. The summed E-state index contributed by atoms with van der Waals surface area (Å²) in [6.45, 7) is 6.30. The van der Waals surface area contributed by atoms with Crippen LogP contribution in [0.3, 0.4) is 0 Å². The van der Waals surface area contributed by atoms with Gasteiger partial charge in [0.1, 0.15) is 5.69 Å². The highest BCUT2D eigenvalue weighted by Gasteiger charge is 2.28. The quantitative estimate of drug-likeness (QED) is 0.460. The molecule has 0 bridgehead atoms. The van der Waals surface area contributed by atoms with Crippen LogP contribution in [0.4, 0.5) is 5.69 Å². The third-order valence-corrected chi connectivity index (χ3v) is 2.65. The third-order valence-electron chi connectivity index (χ3n) is 2.65. The predicted octanol–water partition coefficient (Wildman–Crippen LogP) is 1.18. The van der Waals surface area contributed by atoms with E-state index in [1.165, 1.54) is 18.7 Å². The summed E-state index contributed by atoms with van der Waals surface area (Å²) in [4.78, 5) is 22.4. The molecule has 0 atom stereocenters. The Kier molecular flexibility index (Phi) is 5.63. The van der Waals surface area contributed by atoms with Gasteiger partial charge in [0.2, 0.25) is 5.69 Å². The molecule has 0 aliphatic heterocycles. The molecule has 0 radical (unpaired) electrons. The molecule has 0 aliphatic carbocycles. The van der Waals surface area contributed by atoms with E-state index in [0.29, 0.717) is 19.6 Å². The zero-order chi connectivity index (χ0) is 15.3. The zero-order valence-corrected chi connectivity index (χ0v) is 12.2. The van der Waals surface area contributed by atoms with Crippen LogP contribution in [-0.4, -0.2) is 39.9 Å². The van der Waals surface area contributed by atoms with E-state index in [4.69, 9.17) is 4.74 Å². The van der Waals surface area contributed by atoms with Gasteiger partial charge in [-0.1, -0.05) is 0 Å². The molecule has 1 aromatic rings. The van der Waals surface area contributed by atoms with Crippen LogP contribution in [0.2, 0.25) is 0 Å². The molecule has 0 unspecified atom stereocenters. The molecule has 0 spiro atoms. The molecule has 112 valence electrons. The molecule has 0 saturated carbocycles. The molecule has 1 heterocycles. The Morgan fingerprint density at radius 3 is 2.75 bits per heavy atom. The fourth-order valence-corrected chi connectivity index (χ4v) is 1.80. The molecule has 1 amide bonds. The van der Waals surface area contributed by atoms with Crippen LogP contribution in [-0.2, 0) is 11.8 Å². The largest absolute Gasteiger partial charge is 0.379 e. The van der Waals surface area contributed by atoms with Crippen molar-refractivity contribution in [1.82, 2.24) is 15.1 Å². The monoisotopic (exact) mass is 284 g/mol. The molecule has 20 heavy (non-hydrogen) atoms. The van der Waals surface area contributed by atoms with Crippen LogP contribution in [0.15, 0.2) is 0 Å². The summed E-state index contributed by atoms with van der Waals surface area (Å²) >= 11 is 0. The minimum Gasteiger partial charge on any atom is -0.379 e. The van der Waals surface area contributed by atoms with Crippen LogP contribution in [0.1, 0.15) is 36.5 Å². The van der Waals surface area contributed by atoms with Crippen molar-refractivity contribution in [2.75, 3.05) is 13.2 Å². The Balaban J connectivity index is 2.62. The molecule has 0 fully saturated rings. The maximum atomic E-state index is 12.0. The van der Waals surface area contributed by atoms with Crippen molar-refractivity contribution in [3.63, 3.8) is 0 Å². The minimum absolute atomic E-state index is 0.0303. The van der Waals surface area contributed by atoms with Crippen molar-refractivity contribution < 1.29 is 14.5 Å². The smallest absolute Gasteiger partial charge is 0.322 e. The van der Waals surface area contributed by atoms with E-state index in [9.17, 15) is 14.9 Å². The first-order chi connectivity index (χ1) is 9.34. The van der Waals surface area contributed by atoms with E-state index in [-0.39, 0.29) is 23.2 Å². The van der Waals surface area contributed by atoms with Crippen LogP contribution < -0.4 is 5.32 Å². The summed E-state index contributed by atoms with van der Waals surface area (Å²) in [7, 11) is 1.51. The number of ether oxygens (including phenoxy) is 1. The highest BCUT2D eigenvalue weighted by Crippen LogP contribution is 2.21. The Morgan fingerprint density at radius 2 is 2.20 bits per heavy atom. The number of nitrogens with one attached hydrogen (secondary N) is 1. The standard InChI is InChI=1S/C12H20N4O4/c1-8(2)20-7-5-6-13-12(17)11-10(16(18)19)9(3)14-15(11)4/h8H,5-7H2,1-4H3,(H,13,17). The van der Waals surface area contributed by atoms with Crippen molar-refractivity contribution in [2.45, 2.75) is 33.3 Å². The van der Waals surface area contributed by atoms with Gasteiger partial charge < -0.3 is 10.1 Å². The van der Waals surface area contributed by atoms with Crippen molar-refractivity contribution in [3.05, 3.63) is 21.5 Å². The zero-order valence-electron chi connectivity index (χ0n) is 12.2. The number of nitro groups is 1. The number of hydrogen-bond acceptors (Lipinski definition) is 5. The molecular weight excluding hydrogens is 264 g/mol. The number of aryl methyl sites for hydroxylation is 2. The minimum atomic E-state index is -0.584.